The Balaban J connectivity index is 1.34. The lowest BCUT2D eigenvalue weighted by Crippen LogP contribution is -2.45. The molecule has 4 rings (SSSR count). The van der Waals surface area contributed by atoms with Crippen molar-refractivity contribution in [3.63, 3.8) is 0 Å². The Bertz CT molecular complexity index is 1050. The van der Waals surface area contributed by atoms with Gasteiger partial charge in [-0.15, -0.1) is 0 Å². The minimum Gasteiger partial charge on any atom is -0.493 e. The lowest BCUT2D eigenvalue weighted by atomic mass is 10.1. The number of benzene rings is 2. The molecule has 0 atom stereocenters. The van der Waals surface area contributed by atoms with Gasteiger partial charge in [0, 0.05) is 48.9 Å². The van der Waals surface area contributed by atoms with Gasteiger partial charge in [-0.05, 0) is 18.2 Å². The smallest absolute Gasteiger partial charge is 0.209 e. The molecule has 0 spiro atoms. The SMILES string of the molecule is COc1ccc(CN2CCN(Cc3ncc(-c4cccc(Cl)c4)o3)CC2)c(OC)c1OC. The second kappa shape index (κ2) is 10.3. The molecular weight excluding hydrogens is 430 g/mol. The number of oxazole rings is 1. The third-order valence-electron chi connectivity index (χ3n) is 5.67. The predicted octanol–water partition coefficient (Wildman–Crippen LogP) is 4.34. The molecule has 7 nitrogen and oxygen atoms in total. The summed E-state index contributed by atoms with van der Waals surface area (Å²) in [7, 11) is 4.91. The van der Waals surface area contributed by atoms with E-state index in [0.29, 0.717) is 23.1 Å². The van der Waals surface area contributed by atoms with Gasteiger partial charge < -0.3 is 18.6 Å². The number of aromatic nitrogens is 1. The van der Waals surface area contributed by atoms with Crippen molar-refractivity contribution < 1.29 is 18.6 Å². The molecule has 0 radical (unpaired) electrons. The largest absolute Gasteiger partial charge is 0.493 e. The number of hydrogen-bond donors (Lipinski definition) is 0. The van der Waals surface area contributed by atoms with Gasteiger partial charge in [-0.1, -0.05) is 29.8 Å². The summed E-state index contributed by atoms with van der Waals surface area (Å²) >= 11 is 6.08. The fourth-order valence-corrected chi connectivity index (χ4v) is 4.17. The molecule has 0 N–H and O–H groups in total. The van der Waals surface area contributed by atoms with Crippen molar-refractivity contribution in [2.75, 3.05) is 47.5 Å². The van der Waals surface area contributed by atoms with Gasteiger partial charge in [0.05, 0.1) is 34.1 Å². The predicted molar refractivity (Wildman–Crippen MR) is 124 cm³/mol. The van der Waals surface area contributed by atoms with E-state index in [0.717, 1.165) is 61.3 Å². The van der Waals surface area contributed by atoms with E-state index in [1.165, 1.54) is 0 Å². The molecule has 2 heterocycles. The number of piperazine rings is 1. The normalized spacial score (nSPS) is 15.0. The Kier molecular flexibility index (Phi) is 7.19. The van der Waals surface area contributed by atoms with Crippen LogP contribution in [0, 0.1) is 0 Å². The summed E-state index contributed by atoms with van der Waals surface area (Å²) in [6, 6.07) is 11.6. The third-order valence-corrected chi connectivity index (χ3v) is 5.90. The Morgan fingerprint density at radius 3 is 2.28 bits per heavy atom. The quantitative estimate of drug-likeness (QED) is 0.498. The zero-order valence-corrected chi connectivity index (χ0v) is 19.4. The average Bonchev–Trinajstić information content (AvgIpc) is 3.28. The number of hydrogen-bond acceptors (Lipinski definition) is 7. The lowest BCUT2D eigenvalue weighted by Gasteiger charge is -2.34. The van der Waals surface area contributed by atoms with Crippen molar-refractivity contribution in [3.8, 4) is 28.6 Å². The third kappa shape index (κ3) is 5.01. The molecule has 1 aliphatic heterocycles. The second-order valence-electron chi connectivity index (χ2n) is 7.67. The highest BCUT2D eigenvalue weighted by molar-refractivity contribution is 6.30. The van der Waals surface area contributed by atoms with Crippen molar-refractivity contribution in [1.82, 2.24) is 14.8 Å². The summed E-state index contributed by atoms with van der Waals surface area (Å²) in [5.41, 5.74) is 2.02. The highest BCUT2D eigenvalue weighted by Gasteiger charge is 2.22. The molecule has 0 amide bonds. The van der Waals surface area contributed by atoms with Crippen LogP contribution in [0.15, 0.2) is 47.0 Å². The van der Waals surface area contributed by atoms with Gasteiger partial charge in [-0.25, -0.2) is 4.98 Å². The lowest BCUT2D eigenvalue weighted by molar-refractivity contribution is 0.114. The Hall–Kier alpha value is -2.74. The molecule has 170 valence electrons. The first kappa shape index (κ1) is 22.5. The molecule has 1 aliphatic rings. The minimum absolute atomic E-state index is 0.630. The van der Waals surface area contributed by atoms with Crippen LogP contribution in [0.4, 0.5) is 0 Å². The van der Waals surface area contributed by atoms with Crippen LogP contribution in [-0.2, 0) is 13.1 Å². The maximum absolute atomic E-state index is 6.08. The Morgan fingerprint density at radius 1 is 0.906 bits per heavy atom. The van der Waals surface area contributed by atoms with Gasteiger partial charge in [0.2, 0.25) is 11.6 Å². The van der Waals surface area contributed by atoms with Crippen LogP contribution >= 0.6 is 11.6 Å². The van der Waals surface area contributed by atoms with Crippen molar-refractivity contribution >= 4 is 11.6 Å². The first-order valence-electron chi connectivity index (χ1n) is 10.5. The van der Waals surface area contributed by atoms with Crippen LogP contribution in [0.3, 0.4) is 0 Å². The van der Waals surface area contributed by atoms with Gasteiger partial charge >= 0.3 is 0 Å². The maximum atomic E-state index is 6.08. The van der Waals surface area contributed by atoms with E-state index in [-0.39, 0.29) is 0 Å². The molecule has 0 saturated carbocycles. The van der Waals surface area contributed by atoms with E-state index in [1.54, 1.807) is 27.5 Å². The molecule has 0 aliphatic carbocycles. The molecule has 1 aromatic heterocycles. The zero-order valence-electron chi connectivity index (χ0n) is 18.6. The van der Waals surface area contributed by atoms with Crippen LogP contribution in [-0.4, -0.2) is 62.3 Å². The van der Waals surface area contributed by atoms with E-state index in [1.807, 2.05) is 36.4 Å². The van der Waals surface area contributed by atoms with Gasteiger partial charge in [0.1, 0.15) is 0 Å². The number of nitrogens with zero attached hydrogens (tertiary/aromatic N) is 3. The number of halogens is 1. The van der Waals surface area contributed by atoms with Crippen LogP contribution in [0.5, 0.6) is 17.2 Å². The summed E-state index contributed by atoms with van der Waals surface area (Å²) < 4.78 is 22.5. The van der Waals surface area contributed by atoms with Gasteiger partial charge in [-0.3, -0.25) is 9.80 Å². The van der Waals surface area contributed by atoms with E-state index < -0.39 is 0 Å². The Labute approximate surface area is 193 Å². The average molecular weight is 458 g/mol. The monoisotopic (exact) mass is 457 g/mol. The number of rotatable bonds is 8. The fraction of sp³-hybridized carbons (Fsp3) is 0.375. The topological polar surface area (TPSA) is 60.2 Å². The van der Waals surface area contributed by atoms with Gasteiger partial charge in [-0.2, -0.15) is 0 Å². The van der Waals surface area contributed by atoms with Gasteiger partial charge in [0.25, 0.3) is 0 Å². The minimum atomic E-state index is 0.630. The summed E-state index contributed by atoms with van der Waals surface area (Å²) in [5.74, 6) is 3.48. The van der Waals surface area contributed by atoms with Crippen molar-refractivity contribution in [2.24, 2.45) is 0 Å². The van der Waals surface area contributed by atoms with Crippen LogP contribution in [0.1, 0.15) is 11.5 Å². The summed E-state index contributed by atoms with van der Waals surface area (Å²) in [5, 5.41) is 0.683. The van der Waals surface area contributed by atoms with E-state index in [9.17, 15) is 0 Å². The highest BCUT2D eigenvalue weighted by Crippen LogP contribution is 2.40. The highest BCUT2D eigenvalue weighted by atomic mass is 35.5. The molecule has 0 bridgehead atoms. The zero-order chi connectivity index (χ0) is 22.5. The summed E-state index contributed by atoms with van der Waals surface area (Å²) in [4.78, 5) is 9.22. The van der Waals surface area contributed by atoms with Crippen LogP contribution in [0.2, 0.25) is 5.02 Å². The molecule has 8 heteroatoms. The molecule has 3 aromatic rings. The number of ether oxygens (including phenoxy) is 3. The molecule has 0 unspecified atom stereocenters. The second-order valence-corrected chi connectivity index (χ2v) is 8.11. The molecule has 32 heavy (non-hydrogen) atoms. The summed E-state index contributed by atoms with van der Waals surface area (Å²) in [6.07, 6.45) is 1.76. The molecular formula is C24H28ClN3O4. The fourth-order valence-electron chi connectivity index (χ4n) is 3.98. The van der Waals surface area contributed by atoms with E-state index in [2.05, 4.69) is 14.8 Å². The van der Waals surface area contributed by atoms with Gasteiger partial charge in [0.15, 0.2) is 17.3 Å². The van der Waals surface area contributed by atoms with Crippen molar-refractivity contribution in [1.29, 1.82) is 0 Å². The van der Waals surface area contributed by atoms with Crippen molar-refractivity contribution in [2.45, 2.75) is 13.1 Å². The molecule has 1 saturated heterocycles. The summed E-state index contributed by atoms with van der Waals surface area (Å²) in [6.45, 7) is 5.23. The van der Waals surface area contributed by atoms with E-state index >= 15 is 0 Å². The number of methoxy groups -OCH3 is 3. The Morgan fingerprint density at radius 2 is 1.62 bits per heavy atom. The van der Waals surface area contributed by atoms with Crippen molar-refractivity contribution in [3.05, 3.63) is 59.1 Å². The molecule has 2 aromatic carbocycles. The standard InChI is InChI=1S/C24H28ClN3O4/c1-29-20-8-7-18(23(30-2)24(20)31-3)15-27-9-11-28(12-10-27)16-22-26-14-21(32-22)17-5-4-6-19(25)13-17/h4-8,13-14H,9-12,15-16H2,1-3H3. The molecule has 1 fully saturated rings. The maximum Gasteiger partial charge on any atom is 0.209 e. The van der Waals surface area contributed by atoms with Crippen LogP contribution < -0.4 is 14.2 Å². The first-order valence-corrected chi connectivity index (χ1v) is 10.9. The van der Waals surface area contributed by atoms with E-state index in [4.69, 9.17) is 30.2 Å². The van der Waals surface area contributed by atoms with Crippen LogP contribution in [0.25, 0.3) is 11.3 Å². The first-order chi connectivity index (χ1) is 15.6.